The molecule has 2 aliphatic carbocycles. The lowest BCUT2D eigenvalue weighted by Gasteiger charge is -2.48. The molecule has 2 heterocycles. The van der Waals surface area contributed by atoms with E-state index >= 15 is 0 Å². The Kier molecular flexibility index (Phi) is 12.1. The number of aliphatic carboxylic acids is 1. The number of hydrogen-bond donors (Lipinski definition) is 12. The maximum Gasteiger partial charge on any atom is 0.325 e. The third-order valence-electron chi connectivity index (χ3n) is 11.8. The molecule has 13 atom stereocenters. The van der Waals surface area contributed by atoms with E-state index < -0.39 is 160 Å². The van der Waals surface area contributed by atoms with Crippen molar-refractivity contribution >= 4 is 23.4 Å². The van der Waals surface area contributed by atoms with Crippen molar-refractivity contribution in [2.45, 2.75) is 100 Å². The van der Waals surface area contributed by atoms with Crippen molar-refractivity contribution in [1.29, 1.82) is 0 Å². The van der Waals surface area contributed by atoms with Gasteiger partial charge in [0.2, 0.25) is 0 Å². The van der Waals surface area contributed by atoms with Crippen LogP contribution in [0.1, 0.15) is 84.9 Å². The molecule has 21 nitrogen and oxygen atoms in total. The van der Waals surface area contributed by atoms with E-state index in [4.69, 9.17) is 23.7 Å². The van der Waals surface area contributed by atoms with E-state index in [1.807, 2.05) is 0 Å². The number of nitrogens with one attached hydrogen (secondary N) is 2. The van der Waals surface area contributed by atoms with Gasteiger partial charge < -0.3 is 85.4 Å². The molecule has 0 aromatic heterocycles. The highest BCUT2D eigenvalue weighted by molar-refractivity contribution is 6.31. The van der Waals surface area contributed by atoms with E-state index in [0.29, 0.717) is 0 Å². The summed E-state index contributed by atoms with van der Waals surface area (Å²) < 4.78 is 29.1. The van der Waals surface area contributed by atoms with Crippen LogP contribution < -0.4 is 15.4 Å². The summed E-state index contributed by atoms with van der Waals surface area (Å²) in [4.78, 5) is 53.4. The number of carbonyl (C=O) groups excluding carboxylic acids is 3. The van der Waals surface area contributed by atoms with Crippen molar-refractivity contribution in [3.8, 4) is 34.1 Å². The highest BCUT2D eigenvalue weighted by Gasteiger charge is 2.52. The number of aryl methyl sites for hydroxylation is 1. The standard InChI is InChI=1S/C41H46N2O19/c1-11-6-18-24(31(50)21(11)38(55)43-12(2)39(56)57)23-16(9-17-25(32(23)51)28(47)15-7-14(58-5)8-19(45)22(15)27(17)46)29(48)36(18)61-41-35(54)37(26(42-4)13(3)59-41)62-40-34(53)33(52)30(49)20(10-44)60-40/h6-9,12-13,20,26,29-30,33-37,40-42,44-45,48-54H,10H2,1-5H3,(H,43,55)(H,56,57)/t12-,13+,20-,26+,29+,30+,33+,34+,35-,36-,37+,40+,41+/m1/s1. The van der Waals surface area contributed by atoms with Gasteiger partial charge in [-0.25, -0.2) is 0 Å². The van der Waals surface area contributed by atoms with Gasteiger partial charge in [0.25, 0.3) is 5.91 Å². The summed E-state index contributed by atoms with van der Waals surface area (Å²) in [7, 11) is 2.76. The Morgan fingerprint density at radius 2 is 1.44 bits per heavy atom. The zero-order valence-electron chi connectivity index (χ0n) is 33.7. The van der Waals surface area contributed by atoms with Gasteiger partial charge in [0.05, 0.1) is 42.6 Å². The van der Waals surface area contributed by atoms with Crippen molar-refractivity contribution < 1.29 is 93.9 Å². The van der Waals surface area contributed by atoms with E-state index in [1.165, 1.54) is 40.1 Å². The molecule has 2 aliphatic heterocycles. The number of carboxylic acids is 1. The number of aliphatic hydroxyl groups excluding tert-OH is 6. The molecule has 334 valence electrons. The van der Waals surface area contributed by atoms with Crippen molar-refractivity contribution in [3.63, 3.8) is 0 Å². The number of hydrogen-bond acceptors (Lipinski definition) is 19. The number of rotatable bonds is 10. The number of aromatic hydroxyl groups is 3. The van der Waals surface area contributed by atoms with Crippen molar-refractivity contribution in [3.05, 3.63) is 68.8 Å². The molecule has 3 aromatic rings. The van der Waals surface area contributed by atoms with Crippen LogP contribution in [0.25, 0.3) is 11.1 Å². The Bertz CT molecular complexity index is 2330. The van der Waals surface area contributed by atoms with Gasteiger partial charge in [-0.3, -0.25) is 19.2 Å². The Labute approximate surface area is 351 Å². The van der Waals surface area contributed by atoms with Crippen LogP contribution in [0.3, 0.4) is 0 Å². The lowest BCUT2D eigenvalue weighted by Crippen LogP contribution is -2.66. The van der Waals surface area contributed by atoms with Crippen molar-refractivity contribution in [2.24, 2.45) is 0 Å². The first kappa shape index (κ1) is 44.7. The molecule has 0 spiro atoms. The molecule has 4 aliphatic rings. The molecule has 1 amide bonds. The molecule has 2 saturated heterocycles. The van der Waals surface area contributed by atoms with Crippen LogP contribution in [-0.2, 0) is 23.7 Å². The Morgan fingerprint density at radius 3 is 2.06 bits per heavy atom. The molecule has 12 N–H and O–H groups in total. The maximum atomic E-state index is 14.1. The maximum absolute atomic E-state index is 14.1. The highest BCUT2D eigenvalue weighted by Crippen LogP contribution is 2.57. The number of phenolic OH excluding ortho intramolecular Hbond substituents is 3. The van der Waals surface area contributed by atoms with Gasteiger partial charge in [0, 0.05) is 28.3 Å². The SMILES string of the molecule is CN[C@@H]1[C@H](O[C@@H]2O[C@H](CO)[C@H](O)[C@H](O)[C@@H]2O)[C@@H](O)[C@H](O[C@@H]2c3cc(C)c(C(=O)N[C@H](C)C(=O)O)c(O)c3-c3c(cc4c(c3O)C(=O)c3cc(OC)cc(O)c3C4=O)[C@@H]2O)O[C@H]1C. The van der Waals surface area contributed by atoms with Crippen LogP contribution in [0, 0.1) is 6.92 Å². The summed E-state index contributed by atoms with van der Waals surface area (Å²) in [5.41, 5.74) is -3.55. The monoisotopic (exact) mass is 870 g/mol. The zero-order valence-corrected chi connectivity index (χ0v) is 33.7. The molecule has 0 bridgehead atoms. The largest absolute Gasteiger partial charge is 0.507 e. The second-order valence-corrected chi connectivity index (χ2v) is 15.6. The second kappa shape index (κ2) is 16.8. The highest BCUT2D eigenvalue weighted by atomic mass is 16.7. The van der Waals surface area contributed by atoms with Gasteiger partial charge >= 0.3 is 5.97 Å². The van der Waals surface area contributed by atoms with Gasteiger partial charge in [0.1, 0.15) is 77.9 Å². The smallest absolute Gasteiger partial charge is 0.325 e. The van der Waals surface area contributed by atoms with Crippen LogP contribution in [0.2, 0.25) is 0 Å². The predicted molar refractivity (Wildman–Crippen MR) is 207 cm³/mol. The summed E-state index contributed by atoms with van der Waals surface area (Å²) in [6.45, 7) is 3.34. The number of fused-ring (bicyclic) bond motifs is 5. The van der Waals surface area contributed by atoms with Crippen molar-refractivity contribution in [2.75, 3.05) is 20.8 Å². The third kappa shape index (κ3) is 7.13. The quantitative estimate of drug-likeness (QED) is 0.0886. The third-order valence-corrected chi connectivity index (χ3v) is 11.8. The zero-order chi connectivity index (χ0) is 45.4. The fraction of sp³-hybridized carbons (Fsp3) is 0.463. The molecule has 62 heavy (non-hydrogen) atoms. The first-order chi connectivity index (χ1) is 29.3. The van der Waals surface area contributed by atoms with Gasteiger partial charge in [-0.05, 0) is 56.6 Å². The fourth-order valence-electron chi connectivity index (χ4n) is 8.58. The van der Waals surface area contributed by atoms with Crippen LogP contribution >= 0.6 is 0 Å². The number of likely N-dealkylation sites (N-methyl/N-ethyl adjacent to an activating group) is 1. The topological polar surface area (TPSA) is 341 Å². The van der Waals surface area contributed by atoms with Gasteiger partial charge in [0.15, 0.2) is 24.1 Å². The minimum atomic E-state index is -1.93. The van der Waals surface area contributed by atoms with Gasteiger partial charge in [-0.15, -0.1) is 0 Å². The number of carboxylic acid groups (broad SMARTS) is 1. The average Bonchev–Trinajstić information content (AvgIpc) is 3.22. The van der Waals surface area contributed by atoms with Gasteiger partial charge in [-0.2, -0.15) is 0 Å². The number of ether oxygens (including phenoxy) is 5. The van der Waals surface area contributed by atoms with E-state index in [9.17, 15) is 70.2 Å². The molecule has 0 unspecified atom stereocenters. The lowest BCUT2D eigenvalue weighted by molar-refractivity contribution is -0.351. The Hall–Kier alpha value is -5.30. The lowest BCUT2D eigenvalue weighted by atomic mass is 9.74. The molecule has 0 radical (unpaired) electrons. The van der Waals surface area contributed by atoms with Gasteiger partial charge in [-0.1, -0.05) is 6.07 Å². The van der Waals surface area contributed by atoms with E-state index in [2.05, 4.69) is 10.6 Å². The second-order valence-electron chi connectivity index (χ2n) is 15.6. The molecule has 3 aromatic carbocycles. The Balaban J connectivity index is 1.36. The number of benzene rings is 3. The van der Waals surface area contributed by atoms with Crippen LogP contribution in [0.4, 0.5) is 0 Å². The summed E-state index contributed by atoms with van der Waals surface area (Å²) in [6, 6.07) is 2.30. The average molecular weight is 871 g/mol. The summed E-state index contributed by atoms with van der Waals surface area (Å²) in [5, 5.41) is 115. The molecule has 21 heteroatoms. The molecule has 0 saturated carbocycles. The molecule has 7 rings (SSSR count). The molecular weight excluding hydrogens is 824 g/mol. The number of amides is 1. The van der Waals surface area contributed by atoms with E-state index in [1.54, 1.807) is 6.92 Å². The Morgan fingerprint density at radius 1 is 0.806 bits per heavy atom. The van der Waals surface area contributed by atoms with Crippen LogP contribution in [0.15, 0.2) is 24.3 Å². The minimum Gasteiger partial charge on any atom is -0.507 e. The first-order valence-corrected chi connectivity index (χ1v) is 19.4. The van der Waals surface area contributed by atoms with E-state index in [-0.39, 0.29) is 28.0 Å². The minimum absolute atomic E-state index is 0.00623. The number of phenols is 3. The first-order valence-electron chi connectivity index (χ1n) is 19.4. The number of ketones is 2. The predicted octanol–water partition coefficient (Wildman–Crippen LogP) is -1.25. The number of carbonyl (C=O) groups is 4. The van der Waals surface area contributed by atoms with Crippen LogP contribution in [0.5, 0.6) is 23.0 Å². The van der Waals surface area contributed by atoms with E-state index in [0.717, 1.165) is 12.1 Å². The molecule has 2 fully saturated rings. The van der Waals surface area contributed by atoms with Crippen LogP contribution in [-0.4, -0.2) is 163 Å². The summed E-state index contributed by atoms with van der Waals surface area (Å²) >= 11 is 0. The summed E-state index contributed by atoms with van der Waals surface area (Å²) in [6.07, 6.45) is -18.0. The molecular formula is C41H46N2O19. The normalized spacial score (nSPS) is 30.7. The summed E-state index contributed by atoms with van der Waals surface area (Å²) in [5.74, 6) is -6.74. The van der Waals surface area contributed by atoms with Crippen molar-refractivity contribution in [1.82, 2.24) is 10.6 Å². The number of methoxy groups -OCH3 is 1. The number of aliphatic hydroxyl groups is 6. The fourth-order valence-corrected chi connectivity index (χ4v) is 8.58.